The molecule has 2 aliphatic rings. The Balaban J connectivity index is 1.50. The Morgan fingerprint density at radius 1 is 0.903 bits per heavy atom. The van der Waals surface area contributed by atoms with Gasteiger partial charge in [0.05, 0.1) is 16.6 Å². The molecule has 5 nitrogen and oxygen atoms in total. The van der Waals surface area contributed by atoms with Gasteiger partial charge in [-0.2, -0.15) is 13.2 Å². The molecule has 31 heavy (non-hydrogen) atoms. The Morgan fingerprint density at radius 2 is 1.55 bits per heavy atom. The maximum absolute atomic E-state index is 13.9. The number of para-hydroxylation sites is 1. The number of rotatable bonds is 2. The molecule has 8 heteroatoms. The van der Waals surface area contributed by atoms with E-state index < -0.39 is 23.2 Å². The molecular formula is C23H26F3N3O2. The molecule has 0 aliphatic carbocycles. The molecule has 0 saturated carbocycles. The third-order valence-corrected chi connectivity index (χ3v) is 6.34. The van der Waals surface area contributed by atoms with Crippen LogP contribution in [-0.4, -0.2) is 52.8 Å². The number of hydrogen-bond donors (Lipinski definition) is 0. The van der Waals surface area contributed by atoms with E-state index in [1.54, 1.807) is 6.07 Å². The standard InChI is InChI=1S/C23H26F3N3O2/c24-23(25,26)20-17-7-3-4-8-19(17)27-15-18(20)22(31)29-13-9-16(10-14-29)21(30)28-11-5-1-2-6-12-28/h3-4,7-8,15-16H,1-2,5-6,9-14H2. The van der Waals surface area contributed by atoms with E-state index in [1.807, 2.05) is 4.90 Å². The van der Waals surface area contributed by atoms with Crippen molar-refractivity contribution in [1.29, 1.82) is 0 Å². The lowest BCUT2D eigenvalue weighted by Crippen LogP contribution is -2.45. The number of fused-ring (bicyclic) bond motifs is 1. The predicted octanol–water partition coefficient (Wildman–Crippen LogP) is 4.51. The zero-order valence-corrected chi connectivity index (χ0v) is 17.3. The van der Waals surface area contributed by atoms with Crippen LogP contribution in [0.1, 0.15) is 54.4 Å². The molecule has 2 aromatic rings. The van der Waals surface area contributed by atoms with Gasteiger partial charge in [0.15, 0.2) is 0 Å². The summed E-state index contributed by atoms with van der Waals surface area (Å²) in [6, 6.07) is 5.96. The third kappa shape index (κ3) is 4.52. The van der Waals surface area contributed by atoms with Gasteiger partial charge in [0.25, 0.3) is 5.91 Å². The van der Waals surface area contributed by atoms with Crippen molar-refractivity contribution in [1.82, 2.24) is 14.8 Å². The van der Waals surface area contributed by atoms with Gasteiger partial charge in [0.2, 0.25) is 5.91 Å². The molecule has 1 aromatic carbocycles. The average molecular weight is 433 g/mol. The third-order valence-electron chi connectivity index (χ3n) is 6.34. The Hall–Kier alpha value is -2.64. The number of likely N-dealkylation sites (tertiary alicyclic amines) is 2. The van der Waals surface area contributed by atoms with Crippen molar-refractivity contribution in [3.63, 3.8) is 0 Å². The molecule has 0 N–H and O–H groups in total. The minimum Gasteiger partial charge on any atom is -0.342 e. The van der Waals surface area contributed by atoms with E-state index in [-0.39, 0.29) is 35.8 Å². The molecule has 0 spiro atoms. The van der Waals surface area contributed by atoms with Gasteiger partial charge in [-0.05, 0) is 31.7 Å². The lowest BCUT2D eigenvalue weighted by atomic mass is 9.94. The van der Waals surface area contributed by atoms with Crippen molar-refractivity contribution in [2.24, 2.45) is 5.92 Å². The van der Waals surface area contributed by atoms with Gasteiger partial charge in [-0.15, -0.1) is 0 Å². The van der Waals surface area contributed by atoms with Crippen molar-refractivity contribution in [2.45, 2.75) is 44.7 Å². The maximum Gasteiger partial charge on any atom is 0.417 e. The fourth-order valence-corrected chi connectivity index (χ4v) is 4.66. The molecule has 166 valence electrons. The first kappa shape index (κ1) is 21.6. The summed E-state index contributed by atoms with van der Waals surface area (Å²) < 4.78 is 41.6. The number of hydrogen-bond acceptors (Lipinski definition) is 3. The van der Waals surface area contributed by atoms with Gasteiger partial charge < -0.3 is 9.80 Å². The van der Waals surface area contributed by atoms with E-state index in [0.29, 0.717) is 12.8 Å². The summed E-state index contributed by atoms with van der Waals surface area (Å²) in [5.41, 5.74) is -1.16. The van der Waals surface area contributed by atoms with Crippen LogP contribution in [0.25, 0.3) is 10.9 Å². The summed E-state index contributed by atoms with van der Waals surface area (Å²) in [5.74, 6) is -0.720. The van der Waals surface area contributed by atoms with E-state index in [1.165, 1.54) is 23.1 Å². The molecule has 4 rings (SSSR count). The smallest absolute Gasteiger partial charge is 0.342 e. The highest BCUT2D eigenvalue weighted by Crippen LogP contribution is 2.37. The normalized spacial score (nSPS) is 18.8. The van der Waals surface area contributed by atoms with Crippen LogP contribution >= 0.6 is 0 Å². The maximum atomic E-state index is 13.9. The van der Waals surface area contributed by atoms with E-state index in [9.17, 15) is 22.8 Å². The van der Waals surface area contributed by atoms with E-state index in [4.69, 9.17) is 0 Å². The van der Waals surface area contributed by atoms with Crippen LogP contribution in [0.15, 0.2) is 30.5 Å². The summed E-state index contributed by atoms with van der Waals surface area (Å²) in [5, 5.41) is -0.0768. The Labute approximate surface area is 179 Å². The van der Waals surface area contributed by atoms with Crippen molar-refractivity contribution in [2.75, 3.05) is 26.2 Å². The molecule has 2 amide bonds. The SMILES string of the molecule is O=C(c1cnc2ccccc2c1C(F)(F)F)N1CCC(C(=O)N2CCCCCC2)CC1. The van der Waals surface area contributed by atoms with Gasteiger partial charge in [-0.25, -0.2) is 0 Å². The van der Waals surface area contributed by atoms with Crippen molar-refractivity contribution in [3.05, 3.63) is 41.6 Å². The van der Waals surface area contributed by atoms with Crippen molar-refractivity contribution < 1.29 is 22.8 Å². The van der Waals surface area contributed by atoms with Gasteiger partial charge in [-0.3, -0.25) is 14.6 Å². The second-order valence-corrected chi connectivity index (χ2v) is 8.37. The molecule has 1 aromatic heterocycles. The largest absolute Gasteiger partial charge is 0.417 e. The topological polar surface area (TPSA) is 53.5 Å². The van der Waals surface area contributed by atoms with Crippen LogP contribution in [0.3, 0.4) is 0 Å². The zero-order valence-electron chi connectivity index (χ0n) is 17.3. The first-order valence-corrected chi connectivity index (χ1v) is 10.9. The predicted molar refractivity (Wildman–Crippen MR) is 110 cm³/mol. The number of benzene rings is 1. The second-order valence-electron chi connectivity index (χ2n) is 8.37. The van der Waals surface area contributed by atoms with Crippen LogP contribution in [0, 0.1) is 5.92 Å². The minimum atomic E-state index is -4.67. The molecule has 0 unspecified atom stereocenters. The number of carbonyl (C=O) groups excluding carboxylic acids is 2. The quantitative estimate of drug-likeness (QED) is 0.700. The monoisotopic (exact) mass is 433 g/mol. The average Bonchev–Trinajstić information content (AvgIpc) is 3.06. The number of carbonyl (C=O) groups is 2. The number of aromatic nitrogens is 1. The molecule has 0 atom stereocenters. The molecule has 0 radical (unpaired) electrons. The lowest BCUT2D eigenvalue weighted by Gasteiger charge is -2.34. The highest BCUT2D eigenvalue weighted by Gasteiger charge is 2.39. The second kappa shape index (κ2) is 8.85. The summed E-state index contributed by atoms with van der Waals surface area (Å²) in [7, 11) is 0. The van der Waals surface area contributed by atoms with Crippen LogP contribution in [-0.2, 0) is 11.0 Å². The van der Waals surface area contributed by atoms with E-state index in [0.717, 1.165) is 45.0 Å². The number of alkyl halides is 3. The Morgan fingerprint density at radius 3 is 2.19 bits per heavy atom. The van der Waals surface area contributed by atoms with Gasteiger partial charge in [-0.1, -0.05) is 31.0 Å². The molecule has 3 heterocycles. The summed E-state index contributed by atoms with van der Waals surface area (Å²) in [4.78, 5) is 33.3. The number of amides is 2. The molecule has 2 aliphatic heterocycles. The minimum absolute atomic E-state index is 0.0768. The van der Waals surface area contributed by atoms with Crippen LogP contribution in [0.5, 0.6) is 0 Å². The van der Waals surface area contributed by atoms with Crippen molar-refractivity contribution in [3.8, 4) is 0 Å². The first-order chi connectivity index (χ1) is 14.9. The molecular weight excluding hydrogens is 407 g/mol. The van der Waals surface area contributed by atoms with Crippen LogP contribution in [0.2, 0.25) is 0 Å². The molecule has 2 saturated heterocycles. The number of nitrogens with zero attached hydrogens (tertiary/aromatic N) is 3. The van der Waals surface area contributed by atoms with Crippen molar-refractivity contribution >= 4 is 22.7 Å². The fourth-order valence-electron chi connectivity index (χ4n) is 4.66. The highest BCUT2D eigenvalue weighted by molar-refractivity contribution is 6.00. The van der Waals surface area contributed by atoms with Gasteiger partial charge >= 0.3 is 6.18 Å². The van der Waals surface area contributed by atoms with Crippen LogP contribution < -0.4 is 0 Å². The van der Waals surface area contributed by atoms with Gasteiger partial charge in [0.1, 0.15) is 0 Å². The lowest BCUT2D eigenvalue weighted by molar-refractivity contribution is -0.137. The van der Waals surface area contributed by atoms with Crippen LogP contribution in [0.4, 0.5) is 13.2 Å². The number of piperidine rings is 1. The van der Waals surface area contributed by atoms with Gasteiger partial charge in [0, 0.05) is 43.7 Å². The fraction of sp³-hybridized carbons (Fsp3) is 0.522. The highest BCUT2D eigenvalue weighted by atomic mass is 19.4. The molecule has 0 bridgehead atoms. The Bertz CT molecular complexity index is 960. The Kier molecular flexibility index (Phi) is 6.16. The number of pyridine rings is 1. The summed E-state index contributed by atoms with van der Waals surface area (Å²) >= 11 is 0. The zero-order chi connectivity index (χ0) is 22.0. The van der Waals surface area contributed by atoms with E-state index in [2.05, 4.69) is 4.98 Å². The number of halogens is 3. The van der Waals surface area contributed by atoms with E-state index >= 15 is 0 Å². The first-order valence-electron chi connectivity index (χ1n) is 10.9. The summed E-state index contributed by atoms with van der Waals surface area (Å²) in [6.07, 6.45) is 1.61. The summed E-state index contributed by atoms with van der Waals surface area (Å²) in [6.45, 7) is 2.09. The molecule has 2 fully saturated rings.